The average molecular weight is 472 g/mol. The number of fused-ring (bicyclic) bond motifs is 1. The van der Waals surface area contributed by atoms with Gasteiger partial charge in [-0.2, -0.15) is 0 Å². The number of anilines is 1. The van der Waals surface area contributed by atoms with Crippen LogP contribution in [0.5, 0.6) is 0 Å². The van der Waals surface area contributed by atoms with E-state index in [1.165, 1.54) is 37.1 Å². The summed E-state index contributed by atoms with van der Waals surface area (Å²) in [6.45, 7) is 0.788. The van der Waals surface area contributed by atoms with E-state index in [9.17, 15) is 22.4 Å². The van der Waals surface area contributed by atoms with Crippen LogP contribution < -0.4 is 9.62 Å². The molecule has 7 nitrogen and oxygen atoms in total. The van der Waals surface area contributed by atoms with Crippen LogP contribution in [-0.4, -0.2) is 51.0 Å². The molecule has 9 heteroatoms. The SMILES string of the molecule is CNC(=O)C(C)N(Cc1ccccc1F)C(=O)CN(c1cccc2ccccc12)S(C)(=O)=O. The van der Waals surface area contributed by atoms with Crippen molar-refractivity contribution in [2.75, 3.05) is 24.2 Å². The molecule has 1 N–H and O–H groups in total. The zero-order valence-electron chi connectivity index (χ0n) is 18.7. The van der Waals surface area contributed by atoms with Crippen LogP contribution in [0.4, 0.5) is 10.1 Å². The van der Waals surface area contributed by atoms with E-state index in [1.807, 2.05) is 18.2 Å². The summed E-state index contributed by atoms with van der Waals surface area (Å²) in [5.41, 5.74) is 0.569. The number of benzene rings is 3. The zero-order chi connectivity index (χ0) is 24.2. The van der Waals surface area contributed by atoms with Gasteiger partial charge in [0, 0.05) is 24.5 Å². The smallest absolute Gasteiger partial charge is 0.244 e. The van der Waals surface area contributed by atoms with E-state index >= 15 is 0 Å². The number of nitrogens with one attached hydrogen (secondary N) is 1. The lowest BCUT2D eigenvalue weighted by Gasteiger charge is -2.31. The zero-order valence-corrected chi connectivity index (χ0v) is 19.5. The van der Waals surface area contributed by atoms with Gasteiger partial charge in [0.1, 0.15) is 18.4 Å². The van der Waals surface area contributed by atoms with E-state index < -0.39 is 40.2 Å². The Morgan fingerprint density at radius 2 is 1.64 bits per heavy atom. The van der Waals surface area contributed by atoms with E-state index in [2.05, 4.69) is 5.32 Å². The topological polar surface area (TPSA) is 86.8 Å². The predicted molar refractivity (Wildman–Crippen MR) is 127 cm³/mol. The van der Waals surface area contributed by atoms with E-state index in [0.717, 1.165) is 15.9 Å². The normalized spacial score (nSPS) is 12.2. The second-order valence-corrected chi connectivity index (χ2v) is 9.58. The summed E-state index contributed by atoms with van der Waals surface area (Å²) in [6.07, 6.45) is 1.02. The fourth-order valence-corrected chi connectivity index (χ4v) is 4.48. The Bertz CT molecular complexity index is 1270. The first kappa shape index (κ1) is 24.2. The lowest BCUT2D eigenvalue weighted by molar-refractivity contribution is -0.139. The van der Waals surface area contributed by atoms with Crippen molar-refractivity contribution in [1.82, 2.24) is 10.2 Å². The van der Waals surface area contributed by atoms with E-state index in [1.54, 1.807) is 30.3 Å². The van der Waals surface area contributed by atoms with Crippen LogP contribution in [0.2, 0.25) is 0 Å². The number of sulfonamides is 1. The molecule has 1 unspecified atom stereocenters. The molecule has 0 fully saturated rings. The first-order chi connectivity index (χ1) is 15.6. The van der Waals surface area contributed by atoms with Gasteiger partial charge >= 0.3 is 0 Å². The predicted octanol–water partition coefficient (Wildman–Crippen LogP) is 2.91. The molecule has 3 aromatic rings. The van der Waals surface area contributed by atoms with Crippen molar-refractivity contribution in [3.05, 3.63) is 78.1 Å². The molecule has 0 aliphatic carbocycles. The van der Waals surface area contributed by atoms with Gasteiger partial charge in [0.2, 0.25) is 21.8 Å². The van der Waals surface area contributed by atoms with Crippen LogP contribution in [0.3, 0.4) is 0 Å². The maximum Gasteiger partial charge on any atom is 0.244 e. The van der Waals surface area contributed by atoms with Crippen molar-refractivity contribution in [2.45, 2.75) is 19.5 Å². The van der Waals surface area contributed by atoms with Crippen molar-refractivity contribution in [3.63, 3.8) is 0 Å². The van der Waals surface area contributed by atoms with Crippen LogP contribution >= 0.6 is 0 Å². The monoisotopic (exact) mass is 471 g/mol. The van der Waals surface area contributed by atoms with E-state index in [-0.39, 0.29) is 12.1 Å². The molecule has 33 heavy (non-hydrogen) atoms. The number of hydrogen-bond acceptors (Lipinski definition) is 4. The minimum atomic E-state index is -3.86. The molecular formula is C24H26FN3O4S. The summed E-state index contributed by atoms with van der Waals surface area (Å²) in [5, 5.41) is 3.96. The van der Waals surface area contributed by atoms with E-state index in [4.69, 9.17) is 0 Å². The van der Waals surface area contributed by atoms with Crippen LogP contribution in [0, 0.1) is 5.82 Å². The minimum absolute atomic E-state index is 0.187. The first-order valence-corrected chi connectivity index (χ1v) is 12.2. The maximum atomic E-state index is 14.3. The van der Waals surface area contributed by atoms with Crippen molar-refractivity contribution in [2.24, 2.45) is 0 Å². The molecule has 3 rings (SSSR count). The highest BCUT2D eigenvalue weighted by atomic mass is 32.2. The van der Waals surface area contributed by atoms with Gasteiger partial charge in [0.15, 0.2) is 0 Å². The maximum absolute atomic E-state index is 14.3. The van der Waals surface area contributed by atoms with Crippen molar-refractivity contribution >= 4 is 38.3 Å². The minimum Gasteiger partial charge on any atom is -0.357 e. The van der Waals surface area contributed by atoms with Gasteiger partial charge in [0.05, 0.1) is 11.9 Å². The second kappa shape index (κ2) is 9.99. The molecule has 2 amide bonds. The summed E-state index contributed by atoms with van der Waals surface area (Å²) in [5.74, 6) is -1.60. The molecule has 0 aromatic heterocycles. The van der Waals surface area contributed by atoms with Crippen LogP contribution in [0.15, 0.2) is 66.7 Å². The third-order valence-electron chi connectivity index (χ3n) is 5.43. The Hall–Kier alpha value is -3.46. The number of hydrogen-bond donors (Lipinski definition) is 1. The molecule has 0 aliphatic heterocycles. The van der Waals surface area contributed by atoms with Gasteiger partial charge < -0.3 is 10.2 Å². The number of likely N-dealkylation sites (N-methyl/N-ethyl adjacent to an activating group) is 1. The van der Waals surface area contributed by atoms with Gasteiger partial charge in [-0.25, -0.2) is 12.8 Å². The Kier molecular flexibility index (Phi) is 7.33. The number of carbonyl (C=O) groups is 2. The van der Waals surface area contributed by atoms with Crippen molar-refractivity contribution < 1.29 is 22.4 Å². The molecular weight excluding hydrogens is 445 g/mol. The highest BCUT2D eigenvalue weighted by Crippen LogP contribution is 2.28. The summed E-state index contributed by atoms with van der Waals surface area (Å²) < 4.78 is 40.8. The Labute approximate surface area is 192 Å². The first-order valence-electron chi connectivity index (χ1n) is 10.3. The van der Waals surface area contributed by atoms with E-state index in [0.29, 0.717) is 11.1 Å². The molecule has 0 heterocycles. The summed E-state index contributed by atoms with van der Waals surface area (Å²) >= 11 is 0. The van der Waals surface area contributed by atoms with Crippen LogP contribution in [0.1, 0.15) is 12.5 Å². The Morgan fingerprint density at radius 1 is 1.00 bits per heavy atom. The van der Waals surface area contributed by atoms with Gasteiger partial charge in [-0.1, -0.05) is 54.6 Å². The number of nitrogens with zero attached hydrogens (tertiary/aromatic N) is 2. The highest BCUT2D eigenvalue weighted by Gasteiger charge is 2.30. The molecule has 0 spiro atoms. The third kappa shape index (κ3) is 5.48. The average Bonchev–Trinajstić information content (AvgIpc) is 2.80. The third-order valence-corrected chi connectivity index (χ3v) is 6.55. The lowest BCUT2D eigenvalue weighted by Crippen LogP contribution is -2.50. The molecule has 1 atom stereocenters. The second-order valence-electron chi connectivity index (χ2n) is 7.67. The quantitative estimate of drug-likeness (QED) is 0.547. The van der Waals surface area contributed by atoms with Crippen LogP contribution in [-0.2, 0) is 26.2 Å². The number of halogens is 1. The van der Waals surface area contributed by atoms with Gasteiger partial charge in [0.25, 0.3) is 0 Å². The van der Waals surface area contributed by atoms with Crippen molar-refractivity contribution in [3.8, 4) is 0 Å². The number of rotatable bonds is 8. The Balaban J connectivity index is 2.01. The van der Waals surface area contributed by atoms with Gasteiger partial charge in [-0.05, 0) is 24.4 Å². The number of carbonyl (C=O) groups excluding carboxylic acids is 2. The van der Waals surface area contributed by atoms with Crippen LogP contribution in [0.25, 0.3) is 10.8 Å². The number of amides is 2. The lowest BCUT2D eigenvalue weighted by atomic mass is 10.1. The standard InChI is InChI=1S/C24H26FN3O4S/c1-17(24(30)26-2)27(15-19-10-5-7-13-21(19)25)23(29)16-28(33(3,31)32)22-14-8-11-18-9-4-6-12-20(18)22/h4-14,17H,15-16H2,1-3H3,(H,26,30). The fraction of sp³-hybridized carbons (Fsp3) is 0.250. The molecule has 174 valence electrons. The van der Waals surface area contributed by atoms with Gasteiger partial charge in [-0.3, -0.25) is 13.9 Å². The largest absolute Gasteiger partial charge is 0.357 e. The summed E-state index contributed by atoms with van der Waals surface area (Å²) in [6, 6.07) is 17.4. The summed E-state index contributed by atoms with van der Waals surface area (Å²) in [7, 11) is -2.43. The highest BCUT2D eigenvalue weighted by molar-refractivity contribution is 7.92. The molecule has 0 radical (unpaired) electrons. The fourth-order valence-electron chi connectivity index (χ4n) is 3.62. The molecule has 0 saturated heterocycles. The summed E-state index contributed by atoms with van der Waals surface area (Å²) in [4.78, 5) is 26.9. The molecule has 3 aromatic carbocycles. The van der Waals surface area contributed by atoms with Gasteiger partial charge in [-0.15, -0.1) is 0 Å². The molecule has 0 saturated carbocycles. The molecule has 0 bridgehead atoms. The Morgan fingerprint density at radius 3 is 2.30 bits per heavy atom. The molecule has 0 aliphatic rings. The van der Waals surface area contributed by atoms with Crippen molar-refractivity contribution in [1.29, 1.82) is 0 Å².